The molecule has 0 saturated carbocycles. The van der Waals surface area contributed by atoms with E-state index in [0.29, 0.717) is 5.56 Å². The number of hydrogen-bond acceptors (Lipinski definition) is 6. The SMILES string of the molecule is N[C@@H](Cc1ccc(O)c(O)c1)C(=O)Nc1ncccc1O. The molecule has 1 atom stereocenters. The van der Waals surface area contributed by atoms with Gasteiger partial charge < -0.3 is 26.4 Å². The molecule has 1 heterocycles. The van der Waals surface area contributed by atoms with Crippen molar-refractivity contribution in [2.75, 3.05) is 5.32 Å². The minimum atomic E-state index is -0.893. The molecule has 0 radical (unpaired) electrons. The van der Waals surface area contributed by atoms with E-state index in [1.807, 2.05) is 0 Å². The molecule has 1 amide bonds. The molecule has 0 aliphatic carbocycles. The van der Waals surface area contributed by atoms with Crippen molar-refractivity contribution in [3.05, 3.63) is 42.1 Å². The van der Waals surface area contributed by atoms with Gasteiger partial charge in [-0.15, -0.1) is 0 Å². The van der Waals surface area contributed by atoms with Gasteiger partial charge in [-0.3, -0.25) is 4.79 Å². The molecule has 0 spiro atoms. The molecule has 110 valence electrons. The number of phenolic OH excluding ortho intramolecular Hbond substituents is 2. The summed E-state index contributed by atoms with van der Waals surface area (Å²) in [7, 11) is 0. The molecule has 6 N–H and O–H groups in total. The van der Waals surface area contributed by atoms with Gasteiger partial charge in [-0.05, 0) is 36.2 Å². The van der Waals surface area contributed by atoms with Gasteiger partial charge in [-0.1, -0.05) is 6.07 Å². The van der Waals surface area contributed by atoms with Crippen molar-refractivity contribution in [3.8, 4) is 17.2 Å². The van der Waals surface area contributed by atoms with Gasteiger partial charge in [-0.25, -0.2) is 4.98 Å². The number of carbonyl (C=O) groups excluding carboxylic acids is 1. The predicted octanol–water partition coefficient (Wildman–Crippen LogP) is 0.707. The number of rotatable bonds is 4. The average Bonchev–Trinajstić information content (AvgIpc) is 2.45. The Labute approximate surface area is 120 Å². The lowest BCUT2D eigenvalue weighted by molar-refractivity contribution is -0.117. The number of nitrogens with one attached hydrogen (secondary N) is 1. The van der Waals surface area contributed by atoms with Crippen LogP contribution in [-0.2, 0) is 11.2 Å². The summed E-state index contributed by atoms with van der Waals surface area (Å²) in [6.07, 6.45) is 1.59. The Morgan fingerprint density at radius 3 is 2.62 bits per heavy atom. The van der Waals surface area contributed by atoms with Crippen LogP contribution in [0.2, 0.25) is 0 Å². The lowest BCUT2D eigenvalue weighted by Crippen LogP contribution is -2.37. The number of hydrogen-bond donors (Lipinski definition) is 5. The standard InChI is InChI=1S/C14H15N3O4/c15-9(6-8-3-4-10(18)12(20)7-8)14(21)17-13-11(19)2-1-5-16-13/h1-5,7,9,18-20H,6,15H2,(H,16,17,21)/t9-/m0/s1. The molecular formula is C14H15N3O4. The molecule has 0 aliphatic heterocycles. The van der Waals surface area contributed by atoms with Gasteiger partial charge in [0.05, 0.1) is 6.04 Å². The number of pyridine rings is 1. The highest BCUT2D eigenvalue weighted by Gasteiger charge is 2.16. The van der Waals surface area contributed by atoms with Crippen LogP contribution in [0.5, 0.6) is 17.2 Å². The number of carbonyl (C=O) groups is 1. The van der Waals surface area contributed by atoms with Gasteiger partial charge in [0.25, 0.3) is 0 Å². The number of benzene rings is 1. The fourth-order valence-corrected chi connectivity index (χ4v) is 1.75. The van der Waals surface area contributed by atoms with E-state index >= 15 is 0 Å². The minimum absolute atomic E-state index is 0.0338. The number of anilines is 1. The first-order chi connectivity index (χ1) is 9.97. The van der Waals surface area contributed by atoms with Gasteiger partial charge >= 0.3 is 0 Å². The number of aromatic nitrogens is 1. The van der Waals surface area contributed by atoms with E-state index in [1.165, 1.54) is 30.5 Å². The Hall–Kier alpha value is -2.80. The van der Waals surface area contributed by atoms with E-state index in [0.717, 1.165) is 0 Å². The Balaban J connectivity index is 2.02. The predicted molar refractivity (Wildman–Crippen MR) is 76.0 cm³/mol. The van der Waals surface area contributed by atoms with Crippen LogP contribution in [0.15, 0.2) is 36.5 Å². The number of aromatic hydroxyl groups is 3. The smallest absolute Gasteiger partial charge is 0.242 e. The van der Waals surface area contributed by atoms with Gasteiger partial charge in [0, 0.05) is 6.20 Å². The summed E-state index contributed by atoms with van der Waals surface area (Å²) in [6.45, 7) is 0. The second-order valence-corrected chi connectivity index (χ2v) is 4.49. The molecule has 0 saturated heterocycles. The highest BCUT2D eigenvalue weighted by atomic mass is 16.3. The first-order valence-corrected chi connectivity index (χ1v) is 6.18. The molecule has 7 nitrogen and oxygen atoms in total. The van der Waals surface area contributed by atoms with Crippen molar-refractivity contribution in [3.63, 3.8) is 0 Å². The van der Waals surface area contributed by atoms with Crippen LogP contribution in [0.25, 0.3) is 0 Å². The Kier molecular flexibility index (Phi) is 4.24. The van der Waals surface area contributed by atoms with Crippen molar-refractivity contribution in [1.29, 1.82) is 0 Å². The van der Waals surface area contributed by atoms with Crippen molar-refractivity contribution in [2.24, 2.45) is 5.73 Å². The third-order valence-electron chi connectivity index (χ3n) is 2.86. The third-order valence-corrected chi connectivity index (χ3v) is 2.86. The maximum atomic E-state index is 11.9. The largest absolute Gasteiger partial charge is 0.504 e. The fraction of sp³-hybridized carbons (Fsp3) is 0.143. The zero-order valence-corrected chi connectivity index (χ0v) is 11.0. The van der Waals surface area contributed by atoms with Gasteiger partial charge in [0.1, 0.15) is 0 Å². The molecule has 0 unspecified atom stereocenters. The molecular weight excluding hydrogens is 274 g/mol. The van der Waals surface area contributed by atoms with Crippen LogP contribution in [-0.4, -0.2) is 32.3 Å². The third kappa shape index (κ3) is 3.61. The normalized spacial score (nSPS) is 11.9. The Morgan fingerprint density at radius 2 is 1.95 bits per heavy atom. The van der Waals surface area contributed by atoms with Gasteiger partial charge in [-0.2, -0.15) is 0 Å². The fourth-order valence-electron chi connectivity index (χ4n) is 1.75. The van der Waals surface area contributed by atoms with Crippen LogP contribution in [0.1, 0.15) is 5.56 Å². The second kappa shape index (κ2) is 6.10. The Morgan fingerprint density at radius 1 is 1.19 bits per heavy atom. The van der Waals surface area contributed by atoms with E-state index < -0.39 is 11.9 Å². The van der Waals surface area contributed by atoms with E-state index in [1.54, 1.807) is 6.07 Å². The summed E-state index contributed by atoms with van der Waals surface area (Å²) in [4.78, 5) is 15.7. The lowest BCUT2D eigenvalue weighted by Gasteiger charge is -2.13. The summed E-state index contributed by atoms with van der Waals surface area (Å²) in [5.41, 5.74) is 6.37. The van der Waals surface area contributed by atoms with E-state index in [2.05, 4.69) is 10.3 Å². The van der Waals surface area contributed by atoms with Crippen LogP contribution in [0, 0.1) is 0 Å². The monoisotopic (exact) mass is 289 g/mol. The van der Waals surface area contributed by atoms with Crippen molar-refractivity contribution >= 4 is 11.7 Å². The molecule has 1 aromatic carbocycles. The van der Waals surface area contributed by atoms with Crippen LogP contribution >= 0.6 is 0 Å². The van der Waals surface area contributed by atoms with Crippen molar-refractivity contribution < 1.29 is 20.1 Å². The van der Waals surface area contributed by atoms with Crippen LogP contribution in [0.4, 0.5) is 5.82 Å². The molecule has 0 bridgehead atoms. The number of nitrogens with zero attached hydrogens (tertiary/aromatic N) is 1. The second-order valence-electron chi connectivity index (χ2n) is 4.49. The topological polar surface area (TPSA) is 129 Å². The summed E-state index contributed by atoms with van der Waals surface area (Å²) < 4.78 is 0. The molecule has 0 aliphatic rings. The maximum absolute atomic E-state index is 11.9. The van der Waals surface area contributed by atoms with E-state index in [4.69, 9.17) is 5.73 Å². The minimum Gasteiger partial charge on any atom is -0.504 e. The maximum Gasteiger partial charge on any atom is 0.242 e. The molecule has 2 rings (SSSR count). The average molecular weight is 289 g/mol. The van der Waals surface area contributed by atoms with Gasteiger partial charge in [0.15, 0.2) is 23.1 Å². The highest BCUT2D eigenvalue weighted by molar-refractivity contribution is 5.95. The zero-order valence-electron chi connectivity index (χ0n) is 11.0. The van der Waals surface area contributed by atoms with Crippen molar-refractivity contribution in [2.45, 2.75) is 12.5 Å². The molecule has 1 aromatic heterocycles. The lowest BCUT2D eigenvalue weighted by atomic mass is 10.1. The quantitative estimate of drug-likeness (QED) is 0.527. The number of nitrogens with two attached hydrogens (primary N) is 1. The highest BCUT2D eigenvalue weighted by Crippen LogP contribution is 2.25. The molecule has 7 heteroatoms. The van der Waals surface area contributed by atoms with Crippen LogP contribution in [0.3, 0.4) is 0 Å². The summed E-state index contributed by atoms with van der Waals surface area (Å²) in [5.74, 6) is -1.15. The first kappa shape index (κ1) is 14.6. The molecule has 21 heavy (non-hydrogen) atoms. The molecule has 2 aromatic rings. The van der Waals surface area contributed by atoms with E-state index in [9.17, 15) is 20.1 Å². The number of amides is 1. The summed E-state index contributed by atoms with van der Waals surface area (Å²) in [5, 5.41) is 30.5. The van der Waals surface area contributed by atoms with Crippen molar-refractivity contribution in [1.82, 2.24) is 4.98 Å². The summed E-state index contributed by atoms with van der Waals surface area (Å²) >= 11 is 0. The summed E-state index contributed by atoms with van der Waals surface area (Å²) in [6, 6.07) is 6.24. The first-order valence-electron chi connectivity index (χ1n) is 6.18. The van der Waals surface area contributed by atoms with Gasteiger partial charge in [0.2, 0.25) is 5.91 Å². The Bertz CT molecular complexity index is 660. The molecule has 0 fully saturated rings. The zero-order chi connectivity index (χ0) is 15.4. The van der Waals surface area contributed by atoms with E-state index in [-0.39, 0.29) is 29.5 Å². The number of phenols is 2. The van der Waals surface area contributed by atoms with Crippen LogP contribution < -0.4 is 11.1 Å².